The minimum atomic E-state index is -3.62. The summed E-state index contributed by atoms with van der Waals surface area (Å²) in [7, 11) is -2.03. The Kier molecular flexibility index (Phi) is 6.21. The van der Waals surface area contributed by atoms with Gasteiger partial charge in [-0.1, -0.05) is 6.07 Å². The Morgan fingerprint density at radius 3 is 2.42 bits per heavy atom. The second-order valence-corrected chi connectivity index (χ2v) is 8.33. The van der Waals surface area contributed by atoms with Gasteiger partial charge < -0.3 is 10.5 Å². The molecule has 0 amide bonds. The summed E-state index contributed by atoms with van der Waals surface area (Å²) < 4.78 is 34.0. The van der Waals surface area contributed by atoms with E-state index >= 15 is 0 Å². The Balaban J connectivity index is 0.00000243. The molecular formula is C19H25ClN2O3S. The molecule has 7 heteroatoms. The first-order valence-corrected chi connectivity index (χ1v) is 9.86. The van der Waals surface area contributed by atoms with Crippen LogP contribution >= 0.6 is 12.4 Å². The topological polar surface area (TPSA) is 81.4 Å². The van der Waals surface area contributed by atoms with Gasteiger partial charge in [-0.2, -0.15) is 0 Å². The van der Waals surface area contributed by atoms with Gasteiger partial charge in [0.1, 0.15) is 5.75 Å². The highest BCUT2D eigenvalue weighted by Gasteiger charge is 2.26. The zero-order valence-electron chi connectivity index (χ0n) is 15.2. The van der Waals surface area contributed by atoms with Crippen molar-refractivity contribution in [3.05, 3.63) is 52.6 Å². The van der Waals surface area contributed by atoms with Crippen molar-refractivity contribution < 1.29 is 13.2 Å². The van der Waals surface area contributed by atoms with Crippen LogP contribution in [0.1, 0.15) is 41.1 Å². The Bertz CT molecular complexity index is 890. The van der Waals surface area contributed by atoms with E-state index in [0.29, 0.717) is 5.69 Å². The molecule has 0 aliphatic heterocycles. The first-order valence-electron chi connectivity index (χ1n) is 8.37. The zero-order valence-corrected chi connectivity index (χ0v) is 16.8. The van der Waals surface area contributed by atoms with Crippen LogP contribution in [0.2, 0.25) is 0 Å². The predicted octanol–water partition coefficient (Wildman–Crippen LogP) is 3.67. The fourth-order valence-corrected chi connectivity index (χ4v) is 5.02. The third-order valence-corrected chi connectivity index (χ3v) is 6.18. The van der Waals surface area contributed by atoms with Gasteiger partial charge in [0.05, 0.1) is 12.0 Å². The molecule has 1 aliphatic rings. The monoisotopic (exact) mass is 396 g/mol. The molecular weight excluding hydrogens is 372 g/mol. The summed E-state index contributed by atoms with van der Waals surface area (Å²) in [5.41, 5.74) is 10.3. The molecule has 142 valence electrons. The van der Waals surface area contributed by atoms with E-state index in [2.05, 4.69) is 4.72 Å². The molecule has 1 unspecified atom stereocenters. The highest BCUT2D eigenvalue weighted by molar-refractivity contribution is 7.89. The first-order chi connectivity index (χ1) is 11.8. The minimum absolute atomic E-state index is 0. The molecule has 1 aliphatic carbocycles. The summed E-state index contributed by atoms with van der Waals surface area (Å²) in [4.78, 5) is 0.269. The lowest BCUT2D eigenvalue weighted by atomic mass is 9.88. The minimum Gasteiger partial charge on any atom is -0.496 e. The van der Waals surface area contributed by atoms with Crippen LogP contribution in [-0.4, -0.2) is 15.5 Å². The summed E-state index contributed by atoms with van der Waals surface area (Å²) >= 11 is 0. The van der Waals surface area contributed by atoms with E-state index in [1.807, 2.05) is 32.0 Å². The largest absolute Gasteiger partial charge is 0.496 e. The van der Waals surface area contributed by atoms with Gasteiger partial charge >= 0.3 is 0 Å². The van der Waals surface area contributed by atoms with Crippen molar-refractivity contribution >= 4 is 28.1 Å². The lowest BCUT2D eigenvalue weighted by Gasteiger charge is -2.26. The summed E-state index contributed by atoms with van der Waals surface area (Å²) in [6.45, 7) is 3.70. The number of sulfonamides is 1. The molecule has 0 radical (unpaired) electrons. The number of hydrogen-bond acceptors (Lipinski definition) is 4. The number of hydrogen-bond donors (Lipinski definition) is 2. The van der Waals surface area contributed by atoms with E-state index in [1.54, 1.807) is 19.2 Å². The van der Waals surface area contributed by atoms with E-state index in [-0.39, 0.29) is 23.3 Å². The zero-order chi connectivity index (χ0) is 18.2. The molecule has 0 fully saturated rings. The molecule has 0 saturated carbocycles. The van der Waals surface area contributed by atoms with Crippen molar-refractivity contribution in [1.29, 1.82) is 0 Å². The van der Waals surface area contributed by atoms with Gasteiger partial charge in [0.2, 0.25) is 10.0 Å². The van der Waals surface area contributed by atoms with Crippen molar-refractivity contribution in [2.45, 2.75) is 44.0 Å². The lowest BCUT2D eigenvalue weighted by Crippen LogP contribution is -2.31. The summed E-state index contributed by atoms with van der Waals surface area (Å²) in [5, 5.41) is 0. The number of nitrogens with two attached hydrogens (primary N) is 1. The van der Waals surface area contributed by atoms with Gasteiger partial charge in [0, 0.05) is 11.7 Å². The molecule has 5 nitrogen and oxygen atoms in total. The predicted molar refractivity (Wildman–Crippen MR) is 107 cm³/mol. The normalized spacial score (nSPS) is 16.5. The number of methoxy groups -OCH3 is 1. The van der Waals surface area contributed by atoms with Crippen LogP contribution in [0.4, 0.5) is 5.69 Å². The Labute approximate surface area is 161 Å². The van der Waals surface area contributed by atoms with Crippen LogP contribution in [0.25, 0.3) is 0 Å². The molecule has 26 heavy (non-hydrogen) atoms. The van der Waals surface area contributed by atoms with Gasteiger partial charge in [-0.15, -0.1) is 12.4 Å². The molecule has 3 rings (SSSR count). The Hall–Kier alpha value is -1.76. The number of anilines is 1. The molecule has 2 aromatic carbocycles. The quantitative estimate of drug-likeness (QED) is 0.772. The number of ether oxygens (including phenoxy) is 1. The van der Waals surface area contributed by atoms with Crippen molar-refractivity contribution in [1.82, 2.24) is 4.72 Å². The van der Waals surface area contributed by atoms with Gasteiger partial charge in [0.25, 0.3) is 0 Å². The number of halogens is 1. The first kappa shape index (κ1) is 20.6. The maximum Gasteiger partial charge on any atom is 0.241 e. The maximum absolute atomic E-state index is 12.9. The Morgan fingerprint density at radius 1 is 1.15 bits per heavy atom. The molecule has 2 aromatic rings. The number of benzene rings is 2. The van der Waals surface area contributed by atoms with Crippen LogP contribution in [0, 0.1) is 13.8 Å². The fourth-order valence-electron chi connectivity index (χ4n) is 3.60. The van der Waals surface area contributed by atoms with Crippen LogP contribution in [0.15, 0.2) is 35.2 Å². The van der Waals surface area contributed by atoms with E-state index in [1.165, 1.54) is 0 Å². The smallest absolute Gasteiger partial charge is 0.241 e. The fraction of sp³-hybridized carbons (Fsp3) is 0.368. The van der Waals surface area contributed by atoms with E-state index < -0.39 is 10.0 Å². The molecule has 0 spiro atoms. The summed E-state index contributed by atoms with van der Waals surface area (Å²) in [6.07, 6.45) is 2.65. The van der Waals surface area contributed by atoms with Gasteiger partial charge in [0.15, 0.2) is 0 Å². The average molecular weight is 397 g/mol. The van der Waals surface area contributed by atoms with Crippen LogP contribution in [0.5, 0.6) is 5.75 Å². The second-order valence-electron chi connectivity index (χ2n) is 6.61. The summed E-state index contributed by atoms with van der Waals surface area (Å²) in [6, 6.07) is 8.78. The van der Waals surface area contributed by atoms with Crippen molar-refractivity contribution in [3.8, 4) is 5.75 Å². The maximum atomic E-state index is 12.9. The van der Waals surface area contributed by atoms with Crippen molar-refractivity contribution in [3.63, 3.8) is 0 Å². The lowest BCUT2D eigenvalue weighted by molar-refractivity contribution is 0.408. The van der Waals surface area contributed by atoms with Crippen LogP contribution in [-0.2, 0) is 16.4 Å². The number of nitrogens with one attached hydrogen (secondary N) is 1. The SMILES string of the molecule is COc1c(C)cc(S(=O)(=O)NC2CCCc3cc(N)ccc32)cc1C.Cl. The van der Waals surface area contributed by atoms with E-state index in [4.69, 9.17) is 10.5 Å². The van der Waals surface area contributed by atoms with Crippen LogP contribution in [0.3, 0.4) is 0 Å². The molecule has 0 saturated heterocycles. The number of nitrogen functional groups attached to an aromatic ring is 1. The summed E-state index contributed by atoms with van der Waals surface area (Å²) in [5.74, 6) is 0.720. The van der Waals surface area contributed by atoms with Crippen molar-refractivity contribution in [2.75, 3.05) is 12.8 Å². The standard InChI is InChI=1S/C19H24N2O3S.ClH/c1-12-9-16(10-13(2)19(12)24-3)25(22,23)21-18-6-4-5-14-11-15(20)7-8-17(14)18;/h7-11,18,21H,4-6,20H2,1-3H3;1H. The number of fused-ring (bicyclic) bond motifs is 1. The van der Waals surface area contributed by atoms with Gasteiger partial charge in [-0.3, -0.25) is 0 Å². The average Bonchev–Trinajstić information content (AvgIpc) is 2.54. The molecule has 0 aromatic heterocycles. The van der Waals surface area contributed by atoms with Gasteiger partial charge in [-0.25, -0.2) is 13.1 Å². The molecule has 1 atom stereocenters. The van der Waals surface area contributed by atoms with Crippen LogP contribution < -0.4 is 15.2 Å². The van der Waals surface area contributed by atoms with Crippen molar-refractivity contribution in [2.24, 2.45) is 0 Å². The highest BCUT2D eigenvalue weighted by atomic mass is 35.5. The molecule has 3 N–H and O–H groups in total. The number of aryl methyl sites for hydroxylation is 3. The van der Waals surface area contributed by atoms with E-state index in [0.717, 1.165) is 47.3 Å². The van der Waals surface area contributed by atoms with Gasteiger partial charge in [-0.05, 0) is 79.6 Å². The second kappa shape index (κ2) is 7.86. The highest BCUT2D eigenvalue weighted by Crippen LogP contribution is 2.33. The molecule has 0 bridgehead atoms. The van der Waals surface area contributed by atoms with E-state index in [9.17, 15) is 8.42 Å². The third-order valence-electron chi connectivity index (χ3n) is 4.73. The molecule has 0 heterocycles. The Morgan fingerprint density at radius 2 is 1.81 bits per heavy atom. The number of rotatable bonds is 4. The third kappa shape index (κ3) is 3.98.